The fourth-order valence-corrected chi connectivity index (χ4v) is 3.98. The zero-order valence-electron chi connectivity index (χ0n) is 13.3. The van der Waals surface area contributed by atoms with E-state index in [1.54, 1.807) is 0 Å². The third-order valence-corrected chi connectivity index (χ3v) is 4.88. The fourth-order valence-electron chi connectivity index (χ4n) is 2.85. The van der Waals surface area contributed by atoms with Crippen LogP contribution in [0, 0.1) is 0 Å². The number of hydrogen-bond donors (Lipinski definition) is 1. The van der Waals surface area contributed by atoms with Crippen LogP contribution in [-0.4, -0.2) is 35.8 Å². The minimum Gasteiger partial charge on any atom is -0.314 e. The standard InChI is InChI=1S/C17H28N2S/c1-5-15(19-12-10-18-11-13-19)14-8-6-7-9-16(14)20-17(2,3)4/h6-9,15,18H,5,10-13H2,1-4H3/t15-/m1/s1. The summed E-state index contributed by atoms with van der Waals surface area (Å²) in [5.74, 6) is 0. The van der Waals surface area contributed by atoms with E-state index >= 15 is 0 Å². The number of hydrogen-bond acceptors (Lipinski definition) is 3. The number of piperazine rings is 1. The van der Waals surface area contributed by atoms with Crippen LogP contribution in [0.25, 0.3) is 0 Å². The van der Waals surface area contributed by atoms with Crippen molar-refractivity contribution in [2.75, 3.05) is 26.2 Å². The summed E-state index contributed by atoms with van der Waals surface area (Å²) < 4.78 is 0.262. The van der Waals surface area contributed by atoms with Gasteiger partial charge in [-0.1, -0.05) is 45.9 Å². The average Bonchev–Trinajstić information content (AvgIpc) is 2.41. The lowest BCUT2D eigenvalue weighted by molar-refractivity contribution is 0.167. The van der Waals surface area contributed by atoms with Crippen molar-refractivity contribution in [3.8, 4) is 0 Å². The molecule has 2 nitrogen and oxygen atoms in total. The van der Waals surface area contributed by atoms with E-state index in [9.17, 15) is 0 Å². The van der Waals surface area contributed by atoms with Crippen LogP contribution >= 0.6 is 11.8 Å². The Morgan fingerprint density at radius 3 is 2.45 bits per heavy atom. The first kappa shape index (κ1) is 15.9. The summed E-state index contributed by atoms with van der Waals surface area (Å²) >= 11 is 1.99. The van der Waals surface area contributed by atoms with E-state index in [1.165, 1.54) is 16.9 Å². The smallest absolute Gasteiger partial charge is 0.0357 e. The van der Waals surface area contributed by atoms with E-state index in [0.717, 1.165) is 26.2 Å². The number of nitrogens with one attached hydrogen (secondary N) is 1. The van der Waals surface area contributed by atoms with Crippen LogP contribution in [0.5, 0.6) is 0 Å². The Labute approximate surface area is 128 Å². The maximum atomic E-state index is 3.45. The highest BCUT2D eigenvalue weighted by atomic mass is 32.2. The molecular weight excluding hydrogens is 264 g/mol. The van der Waals surface area contributed by atoms with Gasteiger partial charge in [-0.15, -0.1) is 11.8 Å². The lowest BCUT2D eigenvalue weighted by Gasteiger charge is -2.36. The summed E-state index contributed by atoms with van der Waals surface area (Å²) in [7, 11) is 0. The van der Waals surface area contributed by atoms with Gasteiger partial charge in [0.05, 0.1) is 0 Å². The Bertz CT molecular complexity index is 419. The van der Waals surface area contributed by atoms with Crippen LogP contribution in [-0.2, 0) is 0 Å². The molecule has 1 aliphatic rings. The summed E-state index contributed by atoms with van der Waals surface area (Å²) in [6.45, 7) is 13.7. The molecule has 0 saturated carbocycles. The molecule has 0 bridgehead atoms. The van der Waals surface area contributed by atoms with Gasteiger partial charge < -0.3 is 5.32 Å². The third kappa shape index (κ3) is 4.24. The molecule has 1 aromatic rings. The van der Waals surface area contributed by atoms with Crippen molar-refractivity contribution in [2.24, 2.45) is 0 Å². The monoisotopic (exact) mass is 292 g/mol. The number of thioether (sulfide) groups is 1. The highest BCUT2D eigenvalue weighted by molar-refractivity contribution is 8.00. The lowest BCUT2D eigenvalue weighted by Crippen LogP contribution is -2.45. The summed E-state index contributed by atoms with van der Waals surface area (Å²) in [4.78, 5) is 4.09. The van der Waals surface area contributed by atoms with Crippen molar-refractivity contribution < 1.29 is 0 Å². The van der Waals surface area contributed by atoms with Gasteiger partial charge in [-0.3, -0.25) is 4.90 Å². The summed E-state index contributed by atoms with van der Waals surface area (Å²) in [6.07, 6.45) is 1.18. The second kappa shape index (κ2) is 6.97. The SMILES string of the molecule is CC[C@H](c1ccccc1SC(C)(C)C)N1CCNCC1. The molecule has 0 spiro atoms. The molecule has 20 heavy (non-hydrogen) atoms. The van der Waals surface area contributed by atoms with Crippen molar-refractivity contribution in [3.63, 3.8) is 0 Å². The first-order valence-corrected chi connectivity index (χ1v) is 8.55. The number of nitrogens with zero attached hydrogens (tertiary/aromatic N) is 1. The Hall–Kier alpha value is -0.510. The van der Waals surface area contributed by atoms with Crippen LogP contribution < -0.4 is 5.32 Å². The van der Waals surface area contributed by atoms with Gasteiger partial charge in [-0.05, 0) is 18.1 Å². The Morgan fingerprint density at radius 2 is 1.85 bits per heavy atom. The molecule has 1 saturated heterocycles. The Balaban J connectivity index is 2.24. The molecular formula is C17H28N2S. The molecule has 1 aliphatic heterocycles. The van der Waals surface area contributed by atoms with Gasteiger partial charge in [0.1, 0.15) is 0 Å². The molecule has 1 aromatic carbocycles. The molecule has 0 aliphatic carbocycles. The highest BCUT2D eigenvalue weighted by Crippen LogP contribution is 2.38. The van der Waals surface area contributed by atoms with Crippen LogP contribution in [0.2, 0.25) is 0 Å². The van der Waals surface area contributed by atoms with Crippen LogP contribution in [0.4, 0.5) is 0 Å². The van der Waals surface area contributed by atoms with E-state index in [1.807, 2.05) is 11.8 Å². The van der Waals surface area contributed by atoms with Crippen LogP contribution in [0.3, 0.4) is 0 Å². The number of rotatable bonds is 4. The molecule has 0 amide bonds. The van der Waals surface area contributed by atoms with E-state index < -0.39 is 0 Å². The van der Waals surface area contributed by atoms with Gasteiger partial charge in [-0.2, -0.15) is 0 Å². The number of benzene rings is 1. The van der Waals surface area contributed by atoms with Gasteiger partial charge in [0, 0.05) is 41.9 Å². The zero-order valence-corrected chi connectivity index (χ0v) is 14.1. The van der Waals surface area contributed by atoms with Crippen LogP contribution in [0.15, 0.2) is 29.2 Å². The van der Waals surface area contributed by atoms with Gasteiger partial charge >= 0.3 is 0 Å². The van der Waals surface area contributed by atoms with E-state index in [4.69, 9.17) is 0 Å². The molecule has 2 rings (SSSR count). The van der Waals surface area contributed by atoms with Crippen molar-refractivity contribution in [2.45, 2.75) is 49.8 Å². The predicted molar refractivity (Wildman–Crippen MR) is 89.5 cm³/mol. The van der Waals surface area contributed by atoms with E-state index in [0.29, 0.717) is 6.04 Å². The second-order valence-electron chi connectivity index (χ2n) is 6.46. The van der Waals surface area contributed by atoms with Gasteiger partial charge in [0.25, 0.3) is 0 Å². The largest absolute Gasteiger partial charge is 0.314 e. The van der Waals surface area contributed by atoms with Crippen LogP contribution in [0.1, 0.15) is 45.7 Å². The summed E-state index contributed by atoms with van der Waals surface area (Å²) in [5, 5.41) is 3.45. The van der Waals surface area contributed by atoms with E-state index in [2.05, 4.69) is 62.2 Å². The molecule has 1 N–H and O–H groups in total. The molecule has 1 atom stereocenters. The summed E-state index contributed by atoms with van der Waals surface area (Å²) in [5.41, 5.74) is 1.51. The van der Waals surface area contributed by atoms with Gasteiger partial charge in [0.2, 0.25) is 0 Å². The molecule has 1 fully saturated rings. The van der Waals surface area contributed by atoms with Crippen molar-refractivity contribution in [3.05, 3.63) is 29.8 Å². The summed E-state index contributed by atoms with van der Waals surface area (Å²) in [6, 6.07) is 9.53. The predicted octanol–water partition coefficient (Wildman–Crippen LogP) is 3.93. The molecule has 3 heteroatoms. The molecule has 0 radical (unpaired) electrons. The molecule has 0 aromatic heterocycles. The Kier molecular flexibility index (Phi) is 5.53. The topological polar surface area (TPSA) is 15.3 Å². The normalized spacial score (nSPS) is 19.0. The average molecular weight is 292 g/mol. The first-order valence-electron chi connectivity index (χ1n) is 7.74. The maximum Gasteiger partial charge on any atom is 0.0357 e. The van der Waals surface area contributed by atoms with Crippen molar-refractivity contribution in [1.29, 1.82) is 0 Å². The maximum absolute atomic E-state index is 3.45. The van der Waals surface area contributed by atoms with Crippen molar-refractivity contribution in [1.82, 2.24) is 10.2 Å². The van der Waals surface area contributed by atoms with E-state index in [-0.39, 0.29) is 4.75 Å². The van der Waals surface area contributed by atoms with Gasteiger partial charge in [0.15, 0.2) is 0 Å². The minimum atomic E-state index is 0.262. The molecule has 112 valence electrons. The fraction of sp³-hybridized carbons (Fsp3) is 0.647. The van der Waals surface area contributed by atoms with Crippen molar-refractivity contribution >= 4 is 11.8 Å². The Morgan fingerprint density at radius 1 is 1.20 bits per heavy atom. The highest BCUT2D eigenvalue weighted by Gasteiger charge is 2.24. The quantitative estimate of drug-likeness (QED) is 0.846. The molecule has 0 unspecified atom stereocenters. The lowest BCUT2D eigenvalue weighted by atomic mass is 10.0. The first-order chi connectivity index (χ1) is 9.51. The minimum absolute atomic E-state index is 0.262. The zero-order chi connectivity index (χ0) is 14.6. The van der Waals surface area contributed by atoms with Gasteiger partial charge in [-0.25, -0.2) is 0 Å². The second-order valence-corrected chi connectivity index (χ2v) is 8.33. The third-order valence-electron chi connectivity index (χ3n) is 3.67. The molecule has 1 heterocycles.